The SMILES string of the molecule is CCOc1ccccc1NC(=O)C(CC)N(c1ccccc1F)S(C)(=O)=O. The van der Waals surface area contributed by atoms with Crippen LogP contribution in [0.2, 0.25) is 0 Å². The third-order valence-corrected chi connectivity index (χ3v) is 5.03. The van der Waals surface area contributed by atoms with E-state index in [9.17, 15) is 17.6 Å². The number of amides is 1. The maximum absolute atomic E-state index is 14.3. The van der Waals surface area contributed by atoms with Gasteiger partial charge in [-0.05, 0) is 37.6 Å². The molecule has 1 atom stereocenters. The number of carbonyl (C=O) groups is 1. The third-order valence-electron chi connectivity index (χ3n) is 3.86. The van der Waals surface area contributed by atoms with E-state index in [1.165, 1.54) is 18.2 Å². The van der Waals surface area contributed by atoms with E-state index in [1.54, 1.807) is 31.2 Å². The number of carbonyl (C=O) groups excluding carboxylic acids is 1. The van der Waals surface area contributed by atoms with Crippen molar-refractivity contribution in [3.8, 4) is 5.75 Å². The predicted molar refractivity (Wildman–Crippen MR) is 104 cm³/mol. The fraction of sp³-hybridized carbons (Fsp3) is 0.316. The molecule has 0 aliphatic carbocycles. The summed E-state index contributed by atoms with van der Waals surface area (Å²) < 4.78 is 45.3. The molecule has 6 nitrogen and oxygen atoms in total. The molecule has 0 spiro atoms. The highest BCUT2D eigenvalue weighted by Crippen LogP contribution is 2.28. The van der Waals surface area contributed by atoms with E-state index in [0.29, 0.717) is 18.0 Å². The molecule has 1 amide bonds. The zero-order valence-corrected chi connectivity index (χ0v) is 16.3. The lowest BCUT2D eigenvalue weighted by molar-refractivity contribution is -0.117. The Labute approximate surface area is 159 Å². The van der Waals surface area contributed by atoms with E-state index < -0.39 is 27.8 Å². The Morgan fingerprint density at radius 1 is 1.15 bits per heavy atom. The van der Waals surface area contributed by atoms with Gasteiger partial charge in [0.25, 0.3) is 0 Å². The van der Waals surface area contributed by atoms with Gasteiger partial charge in [-0.25, -0.2) is 12.8 Å². The topological polar surface area (TPSA) is 75.7 Å². The summed E-state index contributed by atoms with van der Waals surface area (Å²) in [6.45, 7) is 3.89. The van der Waals surface area contributed by atoms with Crippen molar-refractivity contribution in [2.45, 2.75) is 26.3 Å². The van der Waals surface area contributed by atoms with Gasteiger partial charge in [0.1, 0.15) is 17.6 Å². The van der Waals surface area contributed by atoms with Crippen LogP contribution in [-0.2, 0) is 14.8 Å². The Kier molecular flexibility index (Phi) is 6.79. The Morgan fingerprint density at radius 3 is 2.37 bits per heavy atom. The summed E-state index contributed by atoms with van der Waals surface area (Å²) in [6.07, 6.45) is 1.10. The number of rotatable bonds is 8. The average Bonchev–Trinajstić information content (AvgIpc) is 2.61. The molecule has 0 radical (unpaired) electrons. The zero-order valence-electron chi connectivity index (χ0n) is 15.5. The second kappa shape index (κ2) is 8.85. The number of benzene rings is 2. The van der Waals surface area contributed by atoms with Crippen molar-refractivity contribution in [2.24, 2.45) is 0 Å². The molecule has 1 N–H and O–H groups in total. The predicted octanol–water partition coefficient (Wildman–Crippen LogP) is 3.41. The average molecular weight is 394 g/mol. The minimum Gasteiger partial charge on any atom is -0.492 e. The molecule has 8 heteroatoms. The highest BCUT2D eigenvalue weighted by atomic mass is 32.2. The van der Waals surface area contributed by atoms with Gasteiger partial charge in [0.2, 0.25) is 15.9 Å². The van der Waals surface area contributed by atoms with Crippen LogP contribution < -0.4 is 14.4 Å². The van der Waals surface area contributed by atoms with Gasteiger partial charge in [-0.15, -0.1) is 0 Å². The lowest BCUT2D eigenvalue weighted by atomic mass is 10.1. The van der Waals surface area contributed by atoms with Gasteiger partial charge in [-0.2, -0.15) is 0 Å². The quantitative estimate of drug-likeness (QED) is 0.745. The van der Waals surface area contributed by atoms with E-state index in [0.717, 1.165) is 16.6 Å². The van der Waals surface area contributed by atoms with Crippen molar-refractivity contribution >= 4 is 27.3 Å². The second-order valence-electron chi connectivity index (χ2n) is 5.85. The fourth-order valence-electron chi connectivity index (χ4n) is 2.73. The Morgan fingerprint density at radius 2 is 1.78 bits per heavy atom. The molecule has 0 aliphatic rings. The second-order valence-corrected chi connectivity index (χ2v) is 7.71. The molecular formula is C19H23FN2O4S. The molecular weight excluding hydrogens is 371 g/mol. The Bertz CT molecular complexity index is 902. The van der Waals surface area contributed by atoms with Crippen LogP contribution >= 0.6 is 0 Å². The molecule has 0 aromatic heterocycles. The maximum Gasteiger partial charge on any atom is 0.248 e. The third kappa shape index (κ3) is 4.97. The number of hydrogen-bond donors (Lipinski definition) is 1. The minimum absolute atomic E-state index is 0.157. The van der Waals surface area contributed by atoms with Crippen LogP contribution in [-0.4, -0.2) is 33.2 Å². The lowest BCUT2D eigenvalue weighted by Gasteiger charge is -2.30. The van der Waals surface area contributed by atoms with Gasteiger partial charge in [-0.3, -0.25) is 9.10 Å². The molecule has 2 rings (SSSR count). The first-order valence-corrected chi connectivity index (χ1v) is 10.4. The first-order valence-electron chi connectivity index (χ1n) is 8.56. The van der Waals surface area contributed by atoms with E-state index in [4.69, 9.17) is 4.74 Å². The zero-order chi connectivity index (χ0) is 20.0. The number of ether oxygens (including phenoxy) is 1. The number of halogens is 1. The molecule has 0 bridgehead atoms. The van der Waals surface area contributed by atoms with Gasteiger partial charge in [0.15, 0.2) is 0 Å². The summed E-state index contributed by atoms with van der Waals surface area (Å²) in [5, 5.41) is 2.70. The number of sulfonamides is 1. The van der Waals surface area contributed by atoms with Crippen LogP contribution in [0.3, 0.4) is 0 Å². The standard InChI is InChI=1S/C19H23FN2O4S/c1-4-16(19(23)21-15-11-7-9-13-18(15)26-5-2)22(27(3,24)25)17-12-8-6-10-14(17)20/h6-13,16H,4-5H2,1-3H3,(H,21,23). The van der Waals surface area contributed by atoms with Crippen molar-refractivity contribution in [3.05, 3.63) is 54.3 Å². The monoisotopic (exact) mass is 394 g/mol. The van der Waals surface area contributed by atoms with Crippen LogP contribution in [0.1, 0.15) is 20.3 Å². The summed E-state index contributed by atoms with van der Waals surface area (Å²) >= 11 is 0. The van der Waals surface area contributed by atoms with Gasteiger partial charge in [0.05, 0.1) is 24.2 Å². The number of nitrogens with one attached hydrogen (secondary N) is 1. The largest absolute Gasteiger partial charge is 0.492 e. The first kappa shape index (κ1) is 20.7. The highest BCUT2D eigenvalue weighted by Gasteiger charge is 2.33. The molecule has 0 aliphatic heterocycles. The van der Waals surface area contributed by atoms with Gasteiger partial charge >= 0.3 is 0 Å². The molecule has 0 heterocycles. The molecule has 2 aromatic carbocycles. The molecule has 27 heavy (non-hydrogen) atoms. The van der Waals surface area contributed by atoms with Crippen molar-refractivity contribution in [3.63, 3.8) is 0 Å². The number of para-hydroxylation sites is 3. The van der Waals surface area contributed by atoms with Gasteiger partial charge in [0, 0.05) is 0 Å². The van der Waals surface area contributed by atoms with Crippen molar-refractivity contribution in [1.29, 1.82) is 0 Å². The molecule has 0 saturated heterocycles. The Hall–Kier alpha value is -2.61. The molecule has 0 fully saturated rings. The number of anilines is 2. The smallest absolute Gasteiger partial charge is 0.248 e. The number of hydrogen-bond acceptors (Lipinski definition) is 4. The van der Waals surface area contributed by atoms with Crippen molar-refractivity contribution < 1.29 is 22.3 Å². The van der Waals surface area contributed by atoms with Crippen LogP contribution in [0.25, 0.3) is 0 Å². The van der Waals surface area contributed by atoms with E-state index >= 15 is 0 Å². The molecule has 146 valence electrons. The van der Waals surface area contributed by atoms with Gasteiger partial charge < -0.3 is 10.1 Å². The van der Waals surface area contributed by atoms with Gasteiger partial charge in [-0.1, -0.05) is 31.2 Å². The summed E-state index contributed by atoms with van der Waals surface area (Å²) in [4.78, 5) is 12.9. The summed E-state index contributed by atoms with van der Waals surface area (Å²) in [5.74, 6) is -0.817. The lowest BCUT2D eigenvalue weighted by Crippen LogP contribution is -2.47. The number of nitrogens with zero attached hydrogens (tertiary/aromatic N) is 1. The van der Waals surface area contributed by atoms with E-state index in [-0.39, 0.29) is 12.1 Å². The Balaban J connectivity index is 2.40. The maximum atomic E-state index is 14.3. The summed E-state index contributed by atoms with van der Waals surface area (Å²) in [6, 6.07) is 11.2. The van der Waals surface area contributed by atoms with E-state index in [2.05, 4.69) is 5.32 Å². The fourth-order valence-corrected chi connectivity index (χ4v) is 3.95. The highest BCUT2D eigenvalue weighted by molar-refractivity contribution is 7.92. The van der Waals surface area contributed by atoms with Crippen LogP contribution in [0, 0.1) is 5.82 Å². The van der Waals surface area contributed by atoms with Crippen molar-refractivity contribution in [2.75, 3.05) is 22.5 Å². The summed E-state index contributed by atoms with van der Waals surface area (Å²) in [7, 11) is -3.91. The van der Waals surface area contributed by atoms with Crippen LogP contribution in [0.5, 0.6) is 5.75 Å². The molecule has 0 saturated carbocycles. The summed E-state index contributed by atoms with van der Waals surface area (Å²) in [5.41, 5.74) is 0.255. The van der Waals surface area contributed by atoms with E-state index in [1.807, 2.05) is 6.92 Å². The normalized spacial score (nSPS) is 12.3. The van der Waals surface area contributed by atoms with Crippen molar-refractivity contribution in [1.82, 2.24) is 0 Å². The molecule has 2 aromatic rings. The molecule has 1 unspecified atom stereocenters. The van der Waals surface area contributed by atoms with Crippen LogP contribution in [0.4, 0.5) is 15.8 Å². The first-order chi connectivity index (χ1) is 12.8. The minimum atomic E-state index is -3.91. The van der Waals surface area contributed by atoms with Crippen LogP contribution in [0.15, 0.2) is 48.5 Å².